The van der Waals surface area contributed by atoms with Crippen LogP contribution in [0.1, 0.15) is 31.9 Å². The predicted molar refractivity (Wildman–Crippen MR) is 120 cm³/mol. The Morgan fingerprint density at radius 2 is 1.38 bits per heavy atom. The molecule has 2 unspecified atom stereocenters. The van der Waals surface area contributed by atoms with Crippen LogP contribution in [0.5, 0.6) is 11.5 Å². The maximum Gasteiger partial charge on any atom is 0.333 e. The first-order chi connectivity index (χ1) is 15.5. The minimum atomic E-state index is -0.542. The highest BCUT2D eigenvalue weighted by Crippen LogP contribution is 2.35. The molecule has 0 spiro atoms. The summed E-state index contributed by atoms with van der Waals surface area (Å²) in [6, 6.07) is 15.9. The lowest BCUT2D eigenvalue weighted by Crippen LogP contribution is -2.31. The van der Waals surface area contributed by atoms with Gasteiger partial charge in [-0.15, -0.1) is 0 Å². The smallest absolute Gasteiger partial charge is 0.333 e. The summed E-state index contributed by atoms with van der Waals surface area (Å²) in [6.45, 7) is 8.52. The highest BCUT2D eigenvalue weighted by molar-refractivity contribution is 5.87. The van der Waals surface area contributed by atoms with Crippen molar-refractivity contribution in [2.75, 3.05) is 33.0 Å². The van der Waals surface area contributed by atoms with Crippen molar-refractivity contribution in [1.29, 1.82) is 0 Å². The summed E-state index contributed by atoms with van der Waals surface area (Å²) < 4.78 is 27.6. The Kier molecular flexibility index (Phi) is 6.82. The fourth-order valence-corrected chi connectivity index (χ4v) is 3.32. The van der Waals surface area contributed by atoms with Crippen molar-refractivity contribution < 1.29 is 28.5 Å². The van der Waals surface area contributed by atoms with Crippen LogP contribution in [0.25, 0.3) is 0 Å². The van der Waals surface area contributed by atoms with Gasteiger partial charge in [-0.2, -0.15) is 0 Å². The first kappa shape index (κ1) is 22.4. The van der Waals surface area contributed by atoms with Gasteiger partial charge in [0.25, 0.3) is 0 Å². The van der Waals surface area contributed by atoms with Gasteiger partial charge in [-0.1, -0.05) is 30.3 Å². The van der Waals surface area contributed by atoms with E-state index < -0.39 is 5.41 Å². The van der Waals surface area contributed by atoms with Gasteiger partial charge >= 0.3 is 5.97 Å². The van der Waals surface area contributed by atoms with E-state index in [1.807, 2.05) is 55.5 Å². The van der Waals surface area contributed by atoms with Crippen LogP contribution in [0, 0.1) is 0 Å². The van der Waals surface area contributed by atoms with Crippen LogP contribution in [-0.4, -0.2) is 51.2 Å². The largest absolute Gasteiger partial charge is 0.491 e. The Labute approximate surface area is 189 Å². The molecule has 2 saturated heterocycles. The summed E-state index contributed by atoms with van der Waals surface area (Å²) in [4.78, 5) is 12.3. The number of hydrogen-bond acceptors (Lipinski definition) is 6. The van der Waals surface area contributed by atoms with Crippen LogP contribution in [-0.2, 0) is 24.4 Å². The molecular formula is C26H30O6. The van der Waals surface area contributed by atoms with Crippen molar-refractivity contribution in [2.24, 2.45) is 0 Å². The molecule has 6 heteroatoms. The number of hydrogen-bond donors (Lipinski definition) is 0. The molecule has 0 N–H and O–H groups in total. The minimum Gasteiger partial charge on any atom is -0.491 e. The van der Waals surface area contributed by atoms with Crippen molar-refractivity contribution in [3.8, 4) is 11.5 Å². The number of allylic oxidation sites excluding steroid dienone is 1. The van der Waals surface area contributed by atoms with Gasteiger partial charge in [-0.3, -0.25) is 0 Å². The summed E-state index contributed by atoms with van der Waals surface area (Å²) in [5.74, 6) is 1.27. The van der Waals surface area contributed by atoms with Gasteiger partial charge in [-0.25, -0.2) is 4.79 Å². The highest BCUT2D eigenvalue weighted by atomic mass is 16.6. The van der Waals surface area contributed by atoms with Gasteiger partial charge < -0.3 is 23.7 Å². The van der Waals surface area contributed by atoms with Crippen LogP contribution in [0.4, 0.5) is 0 Å². The molecule has 2 aromatic rings. The van der Waals surface area contributed by atoms with Crippen LogP contribution >= 0.6 is 0 Å². The normalized spacial score (nSPS) is 21.4. The second-order valence-corrected chi connectivity index (χ2v) is 8.46. The Morgan fingerprint density at radius 3 is 1.75 bits per heavy atom. The lowest BCUT2D eigenvalue weighted by atomic mass is 9.77. The number of carbonyl (C=O) groups excluding carboxylic acids is 1. The highest BCUT2D eigenvalue weighted by Gasteiger charge is 2.32. The van der Waals surface area contributed by atoms with Crippen molar-refractivity contribution in [3.63, 3.8) is 0 Å². The molecule has 0 radical (unpaired) electrons. The quantitative estimate of drug-likeness (QED) is 0.299. The van der Waals surface area contributed by atoms with Gasteiger partial charge in [0.1, 0.15) is 43.5 Å². The third-order valence-electron chi connectivity index (χ3n) is 5.91. The first-order valence-corrected chi connectivity index (χ1v) is 11.0. The van der Waals surface area contributed by atoms with E-state index >= 15 is 0 Å². The number of esters is 1. The topological polar surface area (TPSA) is 69.8 Å². The predicted octanol–water partition coefficient (Wildman–Crippen LogP) is 4.06. The number of rotatable bonds is 11. The molecule has 4 rings (SSSR count). The molecule has 2 aliphatic rings. The Bertz CT molecular complexity index is 880. The second kappa shape index (κ2) is 9.76. The van der Waals surface area contributed by atoms with Crippen molar-refractivity contribution >= 4 is 5.97 Å². The molecule has 2 aromatic carbocycles. The zero-order chi connectivity index (χ0) is 22.6. The van der Waals surface area contributed by atoms with E-state index in [1.165, 1.54) is 0 Å². The zero-order valence-electron chi connectivity index (χ0n) is 18.8. The van der Waals surface area contributed by atoms with Crippen molar-refractivity contribution in [1.82, 2.24) is 0 Å². The molecule has 2 aliphatic heterocycles. The van der Waals surface area contributed by atoms with Crippen LogP contribution in [0.3, 0.4) is 0 Å². The molecule has 6 nitrogen and oxygen atoms in total. The molecule has 0 bridgehead atoms. The standard InChI is InChI=1S/C26H30O6/c1-4-18(2)25(27)32-17-26(3,19-5-9-21(10-6-19)28-13-23-15-30-23)20-7-11-22(12-8-20)29-14-24-16-31-24/h4-12,23-24H,13-17H2,1-3H3. The lowest BCUT2D eigenvalue weighted by molar-refractivity contribution is -0.140. The van der Waals surface area contributed by atoms with Gasteiger partial charge in [0.2, 0.25) is 0 Å². The number of epoxide rings is 2. The van der Waals surface area contributed by atoms with E-state index in [1.54, 1.807) is 13.0 Å². The third kappa shape index (κ3) is 5.69. The number of carbonyl (C=O) groups is 1. The van der Waals surface area contributed by atoms with Crippen molar-refractivity contribution in [2.45, 2.75) is 38.4 Å². The first-order valence-electron chi connectivity index (χ1n) is 11.0. The van der Waals surface area contributed by atoms with Crippen LogP contribution < -0.4 is 9.47 Å². The molecule has 2 fully saturated rings. The van der Waals surface area contributed by atoms with Gasteiger partial charge in [0.15, 0.2) is 0 Å². The van der Waals surface area contributed by atoms with Crippen LogP contribution in [0.2, 0.25) is 0 Å². The molecule has 170 valence electrons. The van der Waals surface area contributed by atoms with Gasteiger partial charge in [-0.05, 0) is 56.2 Å². The van der Waals surface area contributed by atoms with E-state index in [-0.39, 0.29) is 24.8 Å². The van der Waals surface area contributed by atoms with E-state index in [2.05, 4.69) is 6.92 Å². The molecule has 2 atom stereocenters. The molecule has 32 heavy (non-hydrogen) atoms. The van der Waals surface area contributed by atoms with Crippen LogP contribution in [0.15, 0.2) is 60.2 Å². The van der Waals surface area contributed by atoms with E-state index in [4.69, 9.17) is 23.7 Å². The molecule has 2 heterocycles. The summed E-state index contributed by atoms with van der Waals surface area (Å²) in [7, 11) is 0. The average Bonchev–Trinajstić information content (AvgIpc) is 3.75. The van der Waals surface area contributed by atoms with E-state index in [0.717, 1.165) is 35.8 Å². The van der Waals surface area contributed by atoms with E-state index in [9.17, 15) is 4.79 Å². The lowest BCUT2D eigenvalue weighted by Gasteiger charge is -2.31. The summed E-state index contributed by atoms with van der Waals surface area (Å²) in [5.41, 5.74) is 2.10. The molecule has 0 aromatic heterocycles. The minimum absolute atomic E-state index is 0.210. The van der Waals surface area contributed by atoms with Gasteiger partial charge in [0.05, 0.1) is 18.6 Å². The fourth-order valence-electron chi connectivity index (χ4n) is 3.32. The summed E-state index contributed by atoms with van der Waals surface area (Å²) in [5, 5.41) is 0. The summed E-state index contributed by atoms with van der Waals surface area (Å²) in [6.07, 6.45) is 2.17. The Morgan fingerprint density at radius 1 is 0.938 bits per heavy atom. The SMILES string of the molecule is CC=C(C)C(=O)OCC(C)(c1ccc(OCC2CO2)cc1)c1ccc(OCC2CO2)cc1. The average molecular weight is 439 g/mol. The molecule has 0 aliphatic carbocycles. The maximum absolute atomic E-state index is 12.3. The second-order valence-electron chi connectivity index (χ2n) is 8.46. The molecule has 0 saturated carbocycles. The monoisotopic (exact) mass is 438 g/mol. The van der Waals surface area contributed by atoms with Crippen molar-refractivity contribution in [3.05, 3.63) is 71.3 Å². The summed E-state index contributed by atoms with van der Waals surface area (Å²) >= 11 is 0. The third-order valence-corrected chi connectivity index (χ3v) is 5.91. The number of benzene rings is 2. The molecule has 0 amide bonds. The number of ether oxygens (including phenoxy) is 5. The fraction of sp³-hybridized carbons (Fsp3) is 0.423. The maximum atomic E-state index is 12.3. The molecular weight excluding hydrogens is 408 g/mol. The Hall–Kier alpha value is -2.83. The zero-order valence-corrected chi connectivity index (χ0v) is 18.8. The van der Waals surface area contributed by atoms with Gasteiger partial charge in [0, 0.05) is 5.57 Å². The van der Waals surface area contributed by atoms with E-state index in [0.29, 0.717) is 18.8 Å². The Balaban J connectivity index is 1.53.